The van der Waals surface area contributed by atoms with Crippen LogP contribution in [0.25, 0.3) is 0 Å². The molecule has 1 rings (SSSR count). The van der Waals surface area contributed by atoms with Gasteiger partial charge in [0.15, 0.2) is 0 Å². The minimum absolute atomic E-state index is 0.641. The van der Waals surface area contributed by atoms with E-state index in [1.54, 1.807) is 0 Å². The van der Waals surface area contributed by atoms with Gasteiger partial charge in [-0.1, -0.05) is 149 Å². The molecule has 0 saturated carbocycles. The SMILES string of the molecule is CCCCCCCCCCCCCCCCN1C=CN(CCCCCCCCC)C1CCCC. The maximum atomic E-state index is 2.66. The van der Waals surface area contributed by atoms with Crippen molar-refractivity contribution in [1.29, 1.82) is 0 Å². The second-order valence-corrected chi connectivity index (χ2v) is 11.1. The van der Waals surface area contributed by atoms with E-state index in [9.17, 15) is 0 Å². The van der Waals surface area contributed by atoms with Crippen LogP contribution in [0.2, 0.25) is 0 Å². The third-order valence-electron chi connectivity index (χ3n) is 7.82. The maximum absolute atomic E-state index is 2.66. The lowest BCUT2D eigenvalue weighted by atomic mass is 10.0. The van der Waals surface area contributed by atoms with Crippen molar-refractivity contribution in [3.63, 3.8) is 0 Å². The second-order valence-electron chi connectivity index (χ2n) is 11.1. The van der Waals surface area contributed by atoms with Crippen molar-refractivity contribution >= 4 is 0 Å². The van der Waals surface area contributed by atoms with Crippen LogP contribution in [-0.4, -0.2) is 29.1 Å². The van der Waals surface area contributed by atoms with Crippen LogP contribution in [0.5, 0.6) is 0 Å². The number of hydrogen-bond acceptors (Lipinski definition) is 2. The molecule has 1 heterocycles. The molecule has 0 aliphatic carbocycles. The zero-order valence-electron chi connectivity index (χ0n) is 24.0. The molecule has 1 unspecified atom stereocenters. The molecule has 2 nitrogen and oxygen atoms in total. The van der Waals surface area contributed by atoms with Gasteiger partial charge in [-0.2, -0.15) is 0 Å². The summed E-state index contributed by atoms with van der Waals surface area (Å²) in [6, 6.07) is 0. The van der Waals surface area contributed by atoms with Gasteiger partial charge < -0.3 is 9.80 Å². The molecule has 1 aliphatic rings. The molecule has 202 valence electrons. The lowest BCUT2D eigenvalue weighted by Gasteiger charge is -2.33. The first-order valence-corrected chi connectivity index (χ1v) is 16.0. The normalized spacial score (nSPS) is 15.7. The third-order valence-corrected chi connectivity index (χ3v) is 7.82. The molecule has 1 atom stereocenters. The van der Waals surface area contributed by atoms with Crippen molar-refractivity contribution < 1.29 is 0 Å². The fourth-order valence-corrected chi connectivity index (χ4v) is 5.47. The Morgan fingerprint density at radius 3 is 1.00 bits per heavy atom. The summed E-state index contributed by atoms with van der Waals surface area (Å²) in [7, 11) is 0. The molecule has 0 aromatic carbocycles. The van der Waals surface area contributed by atoms with Crippen LogP contribution in [0.15, 0.2) is 12.4 Å². The summed E-state index contributed by atoms with van der Waals surface area (Å²) in [4.78, 5) is 5.32. The monoisotopic (exact) mass is 477 g/mol. The summed E-state index contributed by atoms with van der Waals surface area (Å²) in [6.45, 7) is 9.46. The van der Waals surface area contributed by atoms with Gasteiger partial charge in [0.05, 0.1) is 0 Å². The quantitative estimate of drug-likeness (QED) is 0.114. The average Bonchev–Trinajstić information content (AvgIpc) is 3.23. The highest BCUT2D eigenvalue weighted by molar-refractivity contribution is 4.96. The van der Waals surface area contributed by atoms with Crippen LogP contribution in [0.3, 0.4) is 0 Å². The van der Waals surface area contributed by atoms with Crippen LogP contribution in [0, 0.1) is 0 Å². The Morgan fingerprint density at radius 2 is 0.676 bits per heavy atom. The van der Waals surface area contributed by atoms with Crippen molar-refractivity contribution in [1.82, 2.24) is 9.80 Å². The zero-order valence-corrected chi connectivity index (χ0v) is 24.0. The first kappa shape index (κ1) is 31.4. The molecule has 1 aliphatic heterocycles. The molecule has 0 aromatic rings. The molecule has 0 saturated heterocycles. The molecule has 2 heteroatoms. The number of hydrogen-bond donors (Lipinski definition) is 0. The smallest absolute Gasteiger partial charge is 0.101 e. The van der Waals surface area contributed by atoms with Gasteiger partial charge in [0.25, 0.3) is 0 Å². The van der Waals surface area contributed by atoms with Gasteiger partial charge in [-0.25, -0.2) is 0 Å². The van der Waals surface area contributed by atoms with E-state index in [4.69, 9.17) is 0 Å². The molecule has 0 fully saturated rings. The highest BCUT2D eigenvalue weighted by Crippen LogP contribution is 2.23. The lowest BCUT2D eigenvalue weighted by Crippen LogP contribution is -2.39. The molecular weight excluding hydrogens is 412 g/mol. The molecule has 0 bridgehead atoms. The molecule has 0 amide bonds. The van der Waals surface area contributed by atoms with Gasteiger partial charge >= 0.3 is 0 Å². The van der Waals surface area contributed by atoms with E-state index < -0.39 is 0 Å². The predicted octanol–water partition coefficient (Wildman–Crippen LogP) is 10.8. The summed E-state index contributed by atoms with van der Waals surface area (Å²) in [5, 5.41) is 0. The van der Waals surface area contributed by atoms with Gasteiger partial charge in [0, 0.05) is 25.5 Å². The average molecular weight is 477 g/mol. The van der Waals surface area contributed by atoms with E-state index in [2.05, 4.69) is 43.0 Å². The fourth-order valence-electron chi connectivity index (χ4n) is 5.47. The van der Waals surface area contributed by atoms with E-state index in [-0.39, 0.29) is 0 Å². The Balaban J connectivity index is 2.03. The van der Waals surface area contributed by atoms with Crippen LogP contribution >= 0.6 is 0 Å². The fraction of sp³-hybridized carbons (Fsp3) is 0.938. The third kappa shape index (κ3) is 16.9. The van der Waals surface area contributed by atoms with Gasteiger partial charge in [-0.3, -0.25) is 0 Å². The number of rotatable bonds is 26. The molecule has 0 aromatic heterocycles. The van der Waals surface area contributed by atoms with Gasteiger partial charge in [-0.05, 0) is 25.7 Å². The van der Waals surface area contributed by atoms with Gasteiger partial charge in [-0.15, -0.1) is 0 Å². The zero-order chi connectivity index (χ0) is 24.5. The molecule has 0 radical (unpaired) electrons. The standard InChI is InChI=1S/C32H64N2/c1-4-7-10-12-14-15-16-17-18-19-20-22-24-26-29-34-31-30-33(32(34)27-9-6-3)28-25-23-21-13-11-8-5-2/h30-32H,4-29H2,1-3H3. The van der Waals surface area contributed by atoms with Crippen molar-refractivity contribution in [2.45, 2.75) is 181 Å². The second kappa shape index (κ2) is 24.1. The van der Waals surface area contributed by atoms with E-state index in [1.807, 2.05) is 0 Å². The maximum Gasteiger partial charge on any atom is 0.101 e. The first-order valence-electron chi connectivity index (χ1n) is 16.0. The Morgan fingerprint density at radius 1 is 0.382 bits per heavy atom. The summed E-state index contributed by atoms with van der Waals surface area (Å²) >= 11 is 0. The summed E-state index contributed by atoms with van der Waals surface area (Å²) in [6.07, 6.45) is 39.5. The number of nitrogens with zero attached hydrogens (tertiary/aromatic N) is 2. The highest BCUT2D eigenvalue weighted by Gasteiger charge is 2.24. The Labute approximate surface area is 216 Å². The first-order chi connectivity index (χ1) is 16.8. The minimum atomic E-state index is 0.641. The molecular formula is C32H64N2. The number of unbranched alkanes of at least 4 members (excludes halogenated alkanes) is 20. The predicted molar refractivity (Wildman–Crippen MR) is 154 cm³/mol. The van der Waals surface area contributed by atoms with E-state index in [0.29, 0.717) is 6.17 Å². The largest absolute Gasteiger partial charge is 0.356 e. The van der Waals surface area contributed by atoms with Crippen LogP contribution in [0.4, 0.5) is 0 Å². The Hall–Kier alpha value is -0.660. The molecule has 0 N–H and O–H groups in total. The van der Waals surface area contributed by atoms with Gasteiger partial charge in [0.2, 0.25) is 0 Å². The molecule has 0 spiro atoms. The van der Waals surface area contributed by atoms with Gasteiger partial charge in [0.1, 0.15) is 6.17 Å². The van der Waals surface area contributed by atoms with Crippen molar-refractivity contribution in [3.8, 4) is 0 Å². The lowest BCUT2D eigenvalue weighted by molar-refractivity contribution is 0.136. The van der Waals surface area contributed by atoms with E-state index in [0.717, 1.165) is 0 Å². The summed E-state index contributed by atoms with van der Waals surface area (Å²) in [5.74, 6) is 0. The van der Waals surface area contributed by atoms with E-state index >= 15 is 0 Å². The minimum Gasteiger partial charge on any atom is -0.356 e. The van der Waals surface area contributed by atoms with Crippen LogP contribution in [-0.2, 0) is 0 Å². The van der Waals surface area contributed by atoms with Crippen molar-refractivity contribution in [3.05, 3.63) is 12.4 Å². The van der Waals surface area contributed by atoms with Crippen LogP contribution in [0.1, 0.15) is 175 Å². The topological polar surface area (TPSA) is 6.48 Å². The molecule has 34 heavy (non-hydrogen) atoms. The summed E-state index contributed by atoms with van der Waals surface area (Å²) in [5.41, 5.74) is 0. The summed E-state index contributed by atoms with van der Waals surface area (Å²) < 4.78 is 0. The Bertz CT molecular complexity index is 433. The van der Waals surface area contributed by atoms with E-state index in [1.165, 1.54) is 167 Å². The van der Waals surface area contributed by atoms with Crippen LogP contribution < -0.4 is 0 Å². The van der Waals surface area contributed by atoms with Crippen molar-refractivity contribution in [2.24, 2.45) is 0 Å². The Kier molecular flexibility index (Phi) is 22.2. The van der Waals surface area contributed by atoms with Crippen molar-refractivity contribution in [2.75, 3.05) is 13.1 Å². The highest BCUT2D eigenvalue weighted by atomic mass is 15.4.